The molecule has 5 aromatic carbocycles. The number of anilines is 2. The normalized spacial score (nSPS) is 11.0. The van der Waals surface area contributed by atoms with Gasteiger partial charge in [0.2, 0.25) is 0 Å². The number of carboxylic acids is 1. The van der Waals surface area contributed by atoms with Crippen molar-refractivity contribution in [2.75, 3.05) is 23.8 Å². The van der Waals surface area contributed by atoms with E-state index in [0.717, 1.165) is 22.8 Å². The van der Waals surface area contributed by atoms with E-state index in [1.165, 1.54) is 19.2 Å². The lowest BCUT2D eigenvalue weighted by Gasteiger charge is -2.12. The number of benzene rings is 5. The van der Waals surface area contributed by atoms with Gasteiger partial charge in [-0.05, 0) is 96.3 Å². The zero-order valence-corrected chi connectivity index (χ0v) is 26.2. The second-order valence-electron chi connectivity index (χ2n) is 10.5. The van der Waals surface area contributed by atoms with Crippen LogP contribution in [0.5, 0.6) is 17.2 Å². The highest BCUT2D eigenvalue weighted by Gasteiger charge is 2.20. The number of phenolic OH excluding ortho intramolecular Hbond substituents is 1. The number of sulfonamides is 1. The highest BCUT2D eigenvalue weighted by molar-refractivity contribution is 7.92. The maximum Gasteiger partial charge on any atom is 0.339 e. The molecule has 0 aromatic heterocycles. The summed E-state index contributed by atoms with van der Waals surface area (Å²) in [5.41, 5.74) is 3.91. The molecular weight excluding hydrogens is 620 g/mol. The van der Waals surface area contributed by atoms with Gasteiger partial charge in [-0.2, -0.15) is 0 Å². The van der Waals surface area contributed by atoms with Crippen LogP contribution in [0.2, 0.25) is 0 Å². The van der Waals surface area contributed by atoms with Crippen molar-refractivity contribution >= 4 is 33.3 Å². The number of amides is 1. The Bertz CT molecular complexity index is 1990. The number of nitrogens with one attached hydrogen (secondary N) is 2. The quantitative estimate of drug-likeness (QED) is 0.101. The van der Waals surface area contributed by atoms with Crippen molar-refractivity contribution in [3.63, 3.8) is 0 Å². The van der Waals surface area contributed by atoms with Gasteiger partial charge in [-0.25, -0.2) is 13.2 Å². The van der Waals surface area contributed by atoms with Gasteiger partial charge in [-0.15, -0.1) is 0 Å². The summed E-state index contributed by atoms with van der Waals surface area (Å²) in [7, 11) is -2.74. The van der Waals surface area contributed by atoms with Crippen LogP contribution in [0.25, 0.3) is 11.1 Å². The second-order valence-corrected chi connectivity index (χ2v) is 12.2. The molecule has 1 amide bonds. The third kappa shape index (κ3) is 8.47. The predicted octanol–water partition coefficient (Wildman–Crippen LogP) is 6.83. The highest BCUT2D eigenvalue weighted by Crippen LogP contribution is 2.26. The summed E-state index contributed by atoms with van der Waals surface area (Å²) in [6.07, 6.45) is 1.25. The molecule has 0 spiro atoms. The van der Waals surface area contributed by atoms with Crippen molar-refractivity contribution in [2.24, 2.45) is 0 Å². The fourth-order valence-corrected chi connectivity index (χ4v) is 5.90. The lowest BCUT2D eigenvalue weighted by molar-refractivity contribution is 0.0692. The van der Waals surface area contributed by atoms with Gasteiger partial charge in [0.05, 0.1) is 18.6 Å². The zero-order chi connectivity index (χ0) is 33.4. The number of carbonyl (C=O) groups is 2. The van der Waals surface area contributed by atoms with Crippen LogP contribution in [-0.2, 0) is 16.4 Å². The second kappa shape index (κ2) is 14.5. The summed E-state index contributed by atoms with van der Waals surface area (Å²) in [6.45, 7) is 0.385. The van der Waals surface area contributed by atoms with Crippen LogP contribution in [0.15, 0.2) is 120 Å². The molecule has 47 heavy (non-hydrogen) atoms. The Kier molecular flexibility index (Phi) is 10.1. The highest BCUT2D eigenvalue weighted by atomic mass is 32.2. The van der Waals surface area contributed by atoms with E-state index in [9.17, 15) is 28.2 Å². The molecular formula is C36H32N2O8S. The summed E-state index contributed by atoms with van der Waals surface area (Å²) in [5.74, 6) is -0.715. The van der Waals surface area contributed by atoms with E-state index in [0.29, 0.717) is 42.1 Å². The molecule has 11 heteroatoms. The van der Waals surface area contributed by atoms with Gasteiger partial charge in [0.15, 0.2) is 0 Å². The fraction of sp³-hybridized carbons (Fsp3) is 0.111. The van der Waals surface area contributed by atoms with Gasteiger partial charge >= 0.3 is 5.97 Å². The number of carboxylic acid groups (broad SMARTS) is 1. The molecule has 5 aromatic rings. The number of hydrogen-bond acceptors (Lipinski definition) is 7. The molecule has 4 N–H and O–H groups in total. The Hall–Kier alpha value is -5.81. The summed E-state index contributed by atoms with van der Waals surface area (Å²) in [6, 6.07) is 31.7. The number of ether oxygens (including phenoxy) is 2. The molecule has 0 aliphatic rings. The summed E-state index contributed by atoms with van der Waals surface area (Å²) >= 11 is 0. The lowest BCUT2D eigenvalue weighted by Crippen LogP contribution is -2.14. The van der Waals surface area contributed by atoms with Crippen LogP contribution in [-0.4, -0.2) is 44.2 Å². The van der Waals surface area contributed by atoms with E-state index >= 15 is 0 Å². The van der Waals surface area contributed by atoms with Crippen LogP contribution >= 0.6 is 0 Å². The number of methoxy groups -OCH3 is 1. The van der Waals surface area contributed by atoms with Gasteiger partial charge in [-0.3, -0.25) is 9.52 Å². The maximum atomic E-state index is 13.0. The van der Waals surface area contributed by atoms with Gasteiger partial charge in [0, 0.05) is 23.0 Å². The minimum atomic E-state index is -4.05. The van der Waals surface area contributed by atoms with E-state index in [4.69, 9.17) is 9.47 Å². The van der Waals surface area contributed by atoms with Crippen LogP contribution < -0.4 is 19.5 Å². The van der Waals surface area contributed by atoms with Crippen LogP contribution in [0.1, 0.15) is 32.7 Å². The SMILES string of the molecule is COc1ccc(S(=O)(=O)Nc2cccc(CCCOc3cccc(NC(=O)c4ccc(-c5ccc(O)cc5)cc4)c3)c2)cc1C(=O)O. The Morgan fingerprint density at radius 1 is 0.787 bits per heavy atom. The number of hydrogen-bond donors (Lipinski definition) is 4. The number of phenols is 1. The summed E-state index contributed by atoms with van der Waals surface area (Å²) < 4.78 is 39.3. The van der Waals surface area contributed by atoms with Crippen molar-refractivity contribution < 1.29 is 37.7 Å². The number of aryl methyl sites for hydroxylation is 1. The minimum absolute atomic E-state index is 0.0613. The Morgan fingerprint density at radius 3 is 2.17 bits per heavy atom. The van der Waals surface area contributed by atoms with Gasteiger partial charge in [0.25, 0.3) is 15.9 Å². The van der Waals surface area contributed by atoms with Crippen LogP contribution in [0.3, 0.4) is 0 Å². The van der Waals surface area contributed by atoms with Crippen LogP contribution in [0.4, 0.5) is 11.4 Å². The van der Waals surface area contributed by atoms with E-state index in [-0.39, 0.29) is 27.9 Å². The van der Waals surface area contributed by atoms with Gasteiger partial charge < -0.3 is 25.0 Å². The molecule has 0 bridgehead atoms. The zero-order valence-electron chi connectivity index (χ0n) is 25.3. The average Bonchev–Trinajstić information content (AvgIpc) is 3.07. The molecule has 0 heterocycles. The van der Waals surface area contributed by atoms with Crippen molar-refractivity contribution in [3.05, 3.63) is 132 Å². The Labute approximate surface area is 272 Å². The maximum absolute atomic E-state index is 13.0. The first-order chi connectivity index (χ1) is 22.6. The monoisotopic (exact) mass is 652 g/mol. The predicted molar refractivity (Wildman–Crippen MR) is 179 cm³/mol. The molecule has 0 atom stereocenters. The molecule has 10 nitrogen and oxygen atoms in total. The smallest absolute Gasteiger partial charge is 0.339 e. The number of rotatable bonds is 13. The Morgan fingerprint density at radius 2 is 1.47 bits per heavy atom. The summed E-state index contributed by atoms with van der Waals surface area (Å²) in [5, 5.41) is 21.8. The topological polar surface area (TPSA) is 151 Å². The van der Waals surface area contributed by atoms with E-state index in [2.05, 4.69) is 10.0 Å². The molecule has 240 valence electrons. The molecule has 0 radical (unpaired) electrons. The first kappa shape index (κ1) is 32.6. The molecule has 0 aliphatic heterocycles. The van der Waals surface area contributed by atoms with Crippen molar-refractivity contribution in [1.82, 2.24) is 0 Å². The van der Waals surface area contributed by atoms with E-state index in [1.807, 2.05) is 30.3 Å². The third-order valence-corrected chi connectivity index (χ3v) is 8.59. The average molecular weight is 653 g/mol. The molecule has 0 unspecified atom stereocenters. The molecule has 0 fully saturated rings. The van der Waals surface area contributed by atoms with Crippen molar-refractivity contribution in [3.8, 4) is 28.4 Å². The fourth-order valence-electron chi connectivity index (χ4n) is 4.83. The lowest BCUT2D eigenvalue weighted by atomic mass is 10.0. The minimum Gasteiger partial charge on any atom is -0.508 e. The third-order valence-electron chi connectivity index (χ3n) is 7.21. The van der Waals surface area contributed by atoms with Crippen molar-refractivity contribution in [1.29, 1.82) is 0 Å². The van der Waals surface area contributed by atoms with Crippen molar-refractivity contribution in [2.45, 2.75) is 17.7 Å². The van der Waals surface area contributed by atoms with E-state index in [1.54, 1.807) is 66.7 Å². The first-order valence-electron chi connectivity index (χ1n) is 14.6. The first-order valence-corrected chi connectivity index (χ1v) is 16.1. The largest absolute Gasteiger partial charge is 0.508 e. The van der Waals surface area contributed by atoms with E-state index < -0.39 is 16.0 Å². The Balaban J connectivity index is 1.13. The molecule has 5 rings (SSSR count). The molecule has 0 aliphatic carbocycles. The van der Waals surface area contributed by atoms with Gasteiger partial charge in [0.1, 0.15) is 22.8 Å². The number of aromatic hydroxyl groups is 1. The summed E-state index contributed by atoms with van der Waals surface area (Å²) in [4.78, 5) is 24.2. The molecule has 0 saturated carbocycles. The molecule has 0 saturated heterocycles. The van der Waals surface area contributed by atoms with Crippen LogP contribution in [0, 0.1) is 0 Å². The van der Waals surface area contributed by atoms with Gasteiger partial charge in [-0.1, -0.05) is 42.5 Å². The standard InChI is InChI=1S/C36H32N2O8S/c1-45-34-19-18-32(23-33(34)36(41)42)47(43,44)38-29-8-2-5-24(21-29)6-4-20-46-31-9-3-7-28(22-31)37-35(40)27-12-10-25(11-13-27)26-14-16-30(39)17-15-26/h2-3,5,7-19,21-23,38-39H,4,6,20H2,1H3,(H,37,40)(H,41,42). The number of carbonyl (C=O) groups excluding carboxylic acids is 1. The number of aromatic carboxylic acids is 1.